The summed E-state index contributed by atoms with van der Waals surface area (Å²) >= 11 is 0. The molecule has 102 valence electrons. The summed E-state index contributed by atoms with van der Waals surface area (Å²) in [6.07, 6.45) is 4.86. The second-order valence-electron chi connectivity index (χ2n) is 5.30. The first kappa shape index (κ1) is 13.6. The Bertz CT molecular complexity index is 353. The number of nitrogens with zero attached hydrogens (tertiary/aromatic N) is 1. The fourth-order valence-electron chi connectivity index (χ4n) is 2.88. The quantitative estimate of drug-likeness (QED) is 0.873. The van der Waals surface area contributed by atoms with Gasteiger partial charge in [-0.1, -0.05) is 20.3 Å². The van der Waals surface area contributed by atoms with Crippen molar-refractivity contribution in [3.8, 4) is 0 Å². The molecule has 3 heteroatoms. The van der Waals surface area contributed by atoms with Crippen molar-refractivity contribution in [1.29, 1.82) is 0 Å². The maximum atomic E-state index is 5.95. The monoisotopic (exact) mass is 250 g/mol. The van der Waals surface area contributed by atoms with Gasteiger partial charge in [-0.3, -0.25) is 4.90 Å². The van der Waals surface area contributed by atoms with E-state index in [0.29, 0.717) is 6.54 Å². The minimum Gasteiger partial charge on any atom is -0.464 e. The summed E-state index contributed by atoms with van der Waals surface area (Å²) in [5.41, 5.74) is 5.95. The van der Waals surface area contributed by atoms with E-state index in [0.717, 1.165) is 36.9 Å². The lowest BCUT2D eigenvalue weighted by atomic mass is 9.93. The lowest BCUT2D eigenvalue weighted by Crippen LogP contribution is -2.39. The molecule has 2 N–H and O–H groups in total. The van der Waals surface area contributed by atoms with Gasteiger partial charge < -0.3 is 10.2 Å². The molecule has 18 heavy (non-hydrogen) atoms. The van der Waals surface area contributed by atoms with Gasteiger partial charge in [-0.05, 0) is 44.0 Å². The topological polar surface area (TPSA) is 42.4 Å². The van der Waals surface area contributed by atoms with E-state index in [4.69, 9.17) is 10.2 Å². The van der Waals surface area contributed by atoms with Crippen LogP contribution in [0.25, 0.3) is 0 Å². The minimum atomic E-state index is 0.267. The van der Waals surface area contributed by atoms with E-state index in [1.807, 2.05) is 0 Å². The van der Waals surface area contributed by atoms with Crippen molar-refractivity contribution in [3.63, 3.8) is 0 Å². The number of hydrogen-bond donors (Lipinski definition) is 1. The summed E-state index contributed by atoms with van der Waals surface area (Å²) in [6.45, 7) is 7.37. The summed E-state index contributed by atoms with van der Waals surface area (Å²) in [5.74, 6) is 3.01. The lowest BCUT2D eigenvalue weighted by Gasteiger charge is -2.36. The van der Waals surface area contributed by atoms with Crippen LogP contribution in [-0.4, -0.2) is 24.5 Å². The average molecular weight is 250 g/mol. The molecule has 1 fully saturated rings. The maximum Gasteiger partial charge on any atom is 0.122 e. The van der Waals surface area contributed by atoms with E-state index < -0.39 is 0 Å². The molecule has 1 aromatic heterocycles. The Morgan fingerprint density at radius 2 is 2.06 bits per heavy atom. The molecule has 1 aromatic rings. The molecule has 3 nitrogen and oxygen atoms in total. The number of nitrogens with two attached hydrogens (primary N) is 1. The van der Waals surface area contributed by atoms with Crippen LogP contribution in [0.2, 0.25) is 0 Å². The minimum absolute atomic E-state index is 0.267. The van der Waals surface area contributed by atoms with E-state index >= 15 is 0 Å². The fourth-order valence-corrected chi connectivity index (χ4v) is 2.88. The Balaban J connectivity index is 2.00. The third-order valence-corrected chi connectivity index (χ3v) is 4.25. The zero-order valence-corrected chi connectivity index (χ0v) is 11.7. The molecule has 0 aliphatic carbocycles. The van der Waals surface area contributed by atoms with Crippen LogP contribution < -0.4 is 5.73 Å². The summed E-state index contributed by atoms with van der Waals surface area (Å²) in [6, 6.07) is 4.45. The molecular weight excluding hydrogens is 224 g/mol. The Morgan fingerprint density at radius 1 is 1.33 bits per heavy atom. The predicted octanol–water partition coefficient (Wildman–Crippen LogP) is 2.96. The zero-order valence-electron chi connectivity index (χ0n) is 11.7. The molecule has 0 spiro atoms. The van der Waals surface area contributed by atoms with Crippen molar-refractivity contribution >= 4 is 0 Å². The molecule has 0 saturated carbocycles. The van der Waals surface area contributed by atoms with Crippen LogP contribution in [0, 0.1) is 5.92 Å². The highest BCUT2D eigenvalue weighted by Gasteiger charge is 2.26. The number of furan rings is 1. The van der Waals surface area contributed by atoms with Crippen molar-refractivity contribution in [2.75, 3.05) is 19.6 Å². The Hall–Kier alpha value is -0.800. The van der Waals surface area contributed by atoms with Crippen LogP contribution in [0.5, 0.6) is 0 Å². The van der Waals surface area contributed by atoms with Crippen molar-refractivity contribution in [1.82, 2.24) is 4.90 Å². The molecule has 0 radical (unpaired) electrons. The number of likely N-dealkylation sites (tertiary alicyclic amines) is 1. The third-order valence-electron chi connectivity index (χ3n) is 4.25. The van der Waals surface area contributed by atoms with E-state index in [1.165, 1.54) is 19.3 Å². The molecule has 1 aliphatic rings. The van der Waals surface area contributed by atoms with Crippen molar-refractivity contribution in [3.05, 3.63) is 23.7 Å². The summed E-state index contributed by atoms with van der Waals surface area (Å²) in [5, 5.41) is 0. The van der Waals surface area contributed by atoms with Gasteiger partial charge in [0.25, 0.3) is 0 Å². The maximum absolute atomic E-state index is 5.95. The first-order chi connectivity index (χ1) is 8.78. The Labute approximate surface area is 110 Å². The Morgan fingerprint density at radius 3 is 2.56 bits per heavy atom. The van der Waals surface area contributed by atoms with Crippen LogP contribution in [-0.2, 0) is 6.42 Å². The molecule has 0 bridgehead atoms. The van der Waals surface area contributed by atoms with Gasteiger partial charge in [0.1, 0.15) is 11.5 Å². The van der Waals surface area contributed by atoms with Gasteiger partial charge >= 0.3 is 0 Å². The van der Waals surface area contributed by atoms with E-state index in [2.05, 4.69) is 30.9 Å². The number of rotatable bonds is 5. The zero-order chi connectivity index (χ0) is 13.0. The van der Waals surface area contributed by atoms with E-state index in [1.54, 1.807) is 0 Å². The third kappa shape index (κ3) is 2.96. The molecular formula is C15H26N2O. The van der Waals surface area contributed by atoms with Crippen LogP contribution in [0.15, 0.2) is 16.5 Å². The van der Waals surface area contributed by atoms with Gasteiger partial charge in [0.05, 0.1) is 6.04 Å². The molecule has 0 amide bonds. The number of hydrogen-bond acceptors (Lipinski definition) is 3. The second-order valence-corrected chi connectivity index (χ2v) is 5.30. The summed E-state index contributed by atoms with van der Waals surface area (Å²) < 4.78 is 5.87. The van der Waals surface area contributed by atoms with Gasteiger partial charge in [-0.2, -0.15) is 0 Å². The SMILES string of the molecule is CCc1ccc(C(CN)N2CCC(CC)CC2)o1. The predicted molar refractivity (Wildman–Crippen MR) is 74.5 cm³/mol. The van der Waals surface area contributed by atoms with Crippen LogP contribution in [0.4, 0.5) is 0 Å². The summed E-state index contributed by atoms with van der Waals surface area (Å²) in [4.78, 5) is 2.49. The highest BCUT2D eigenvalue weighted by atomic mass is 16.3. The second kappa shape index (κ2) is 6.39. The summed E-state index contributed by atoms with van der Waals surface area (Å²) in [7, 11) is 0. The first-order valence-electron chi connectivity index (χ1n) is 7.31. The molecule has 2 rings (SSSR count). The largest absolute Gasteiger partial charge is 0.464 e. The molecule has 2 heterocycles. The van der Waals surface area contributed by atoms with E-state index in [9.17, 15) is 0 Å². The molecule has 1 atom stereocenters. The number of aryl methyl sites for hydroxylation is 1. The number of piperidine rings is 1. The van der Waals surface area contributed by atoms with Gasteiger partial charge in [-0.15, -0.1) is 0 Å². The molecule has 1 saturated heterocycles. The van der Waals surface area contributed by atoms with Crippen molar-refractivity contribution in [2.45, 2.75) is 45.6 Å². The molecule has 1 aliphatic heterocycles. The van der Waals surface area contributed by atoms with Gasteiger partial charge in [-0.25, -0.2) is 0 Å². The molecule has 1 unspecified atom stereocenters. The highest BCUT2D eigenvalue weighted by molar-refractivity contribution is 5.11. The van der Waals surface area contributed by atoms with Crippen molar-refractivity contribution in [2.24, 2.45) is 11.7 Å². The fraction of sp³-hybridized carbons (Fsp3) is 0.733. The molecule has 0 aromatic carbocycles. The van der Waals surface area contributed by atoms with Crippen molar-refractivity contribution < 1.29 is 4.42 Å². The van der Waals surface area contributed by atoms with Gasteiger partial charge in [0.2, 0.25) is 0 Å². The van der Waals surface area contributed by atoms with Crippen LogP contribution in [0.3, 0.4) is 0 Å². The van der Waals surface area contributed by atoms with Gasteiger partial charge in [0.15, 0.2) is 0 Å². The standard InChI is InChI=1S/C15H26N2O/c1-3-12-7-9-17(10-8-12)14(11-16)15-6-5-13(4-2)18-15/h5-6,12,14H,3-4,7-11,16H2,1-2H3. The van der Waals surface area contributed by atoms with Gasteiger partial charge in [0, 0.05) is 13.0 Å². The average Bonchev–Trinajstić information content (AvgIpc) is 2.89. The Kier molecular flexibility index (Phi) is 4.84. The smallest absolute Gasteiger partial charge is 0.122 e. The highest BCUT2D eigenvalue weighted by Crippen LogP contribution is 2.28. The first-order valence-corrected chi connectivity index (χ1v) is 7.31. The normalized spacial score (nSPS) is 20.2. The van der Waals surface area contributed by atoms with E-state index in [-0.39, 0.29) is 6.04 Å². The lowest BCUT2D eigenvalue weighted by molar-refractivity contribution is 0.120. The van der Waals surface area contributed by atoms with Crippen LogP contribution >= 0.6 is 0 Å². The van der Waals surface area contributed by atoms with Crippen LogP contribution in [0.1, 0.15) is 50.7 Å².